The van der Waals surface area contributed by atoms with Crippen molar-refractivity contribution in [2.45, 2.75) is 52.4 Å². The van der Waals surface area contributed by atoms with Crippen molar-refractivity contribution in [3.63, 3.8) is 0 Å². The van der Waals surface area contributed by atoms with E-state index in [4.69, 9.17) is 5.11 Å². The molecule has 1 fully saturated rings. The van der Waals surface area contributed by atoms with Gasteiger partial charge in [-0.15, -0.1) is 0 Å². The smallest absolute Gasteiger partial charge is 0.323 e. The van der Waals surface area contributed by atoms with Crippen molar-refractivity contribution >= 4 is 17.9 Å². The van der Waals surface area contributed by atoms with Crippen molar-refractivity contribution in [3.05, 3.63) is 0 Å². The Morgan fingerprint density at radius 3 is 2.29 bits per heavy atom. The Labute approximate surface area is 125 Å². The highest BCUT2D eigenvalue weighted by Gasteiger charge is 2.31. The van der Waals surface area contributed by atoms with Gasteiger partial charge >= 0.3 is 12.0 Å². The molecule has 0 radical (unpaired) electrons. The summed E-state index contributed by atoms with van der Waals surface area (Å²) in [7, 11) is 1.67. The summed E-state index contributed by atoms with van der Waals surface area (Å²) >= 11 is 0. The van der Waals surface area contributed by atoms with Crippen molar-refractivity contribution in [2.75, 3.05) is 13.6 Å². The molecule has 0 aromatic rings. The largest absolute Gasteiger partial charge is 0.481 e. The number of nitrogens with one attached hydrogen (secondary N) is 1. The predicted molar refractivity (Wildman–Crippen MR) is 78.8 cm³/mol. The van der Waals surface area contributed by atoms with Crippen LogP contribution in [0.5, 0.6) is 0 Å². The van der Waals surface area contributed by atoms with E-state index in [0.717, 1.165) is 12.8 Å². The molecule has 120 valence electrons. The zero-order chi connectivity index (χ0) is 16.0. The minimum Gasteiger partial charge on any atom is -0.481 e. The number of nitrogens with zero attached hydrogens (tertiary/aromatic N) is 1. The Bertz CT molecular complexity index is 400. The number of carbonyl (C=O) groups is 3. The topological polar surface area (TPSA) is 86.7 Å². The van der Waals surface area contributed by atoms with Gasteiger partial charge in [0.15, 0.2) is 0 Å². The molecule has 0 saturated heterocycles. The molecule has 2 N–H and O–H groups in total. The van der Waals surface area contributed by atoms with Crippen LogP contribution in [0.2, 0.25) is 0 Å². The predicted octanol–water partition coefficient (Wildman–Crippen LogP) is 2.24. The van der Waals surface area contributed by atoms with Crippen molar-refractivity contribution in [1.82, 2.24) is 10.2 Å². The van der Waals surface area contributed by atoms with Crippen LogP contribution in [0.15, 0.2) is 0 Å². The molecule has 1 aliphatic carbocycles. The quantitative estimate of drug-likeness (QED) is 0.815. The molecule has 6 nitrogen and oxygen atoms in total. The van der Waals surface area contributed by atoms with Crippen molar-refractivity contribution in [1.29, 1.82) is 0 Å². The highest BCUT2D eigenvalue weighted by molar-refractivity contribution is 5.96. The zero-order valence-electron chi connectivity index (χ0n) is 13.1. The third-order valence-corrected chi connectivity index (χ3v) is 4.03. The average Bonchev–Trinajstić information content (AvgIpc) is 2.38. The number of rotatable bonds is 5. The lowest BCUT2D eigenvalue weighted by Gasteiger charge is -2.27. The molecule has 1 rings (SSSR count). The summed E-state index contributed by atoms with van der Waals surface area (Å²) in [6.45, 7) is 3.57. The van der Waals surface area contributed by atoms with Gasteiger partial charge in [0.05, 0.1) is 5.41 Å². The van der Waals surface area contributed by atoms with E-state index in [0.29, 0.717) is 12.5 Å². The average molecular weight is 298 g/mol. The maximum atomic E-state index is 11.9. The molecule has 0 heterocycles. The van der Waals surface area contributed by atoms with Gasteiger partial charge in [-0.2, -0.15) is 0 Å². The van der Waals surface area contributed by atoms with Crippen LogP contribution >= 0.6 is 0 Å². The first-order chi connectivity index (χ1) is 9.72. The van der Waals surface area contributed by atoms with Crippen LogP contribution in [0.4, 0.5) is 4.79 Å². The molecule has 1 saturated carbocycles. The van der Waals surface area contributed by atoms with Gasteiger partial charge in [0.25, 0.3) is 0 Å². The van der Waals surface area contributed by atoms with Crippen LogP contribution in [-0.4, -0.2) is 41.5 Å². The SMILES string of the molecule is CN(CC1CCCCC1)C(=O)NC(=O)CC(C)(C)C(=O)O. The Hall–Kier alpha value is -1.59. The van der Waals surface area contributed by atoms with Gasteiger partial charge in [0.1, 0.15) is 0 Å². The summed E-state index contributed by atoms with van der Waals surface area (Å²) < 4.78 is 0. The third kappa shape index (κ3) is 5.73. The second kappa shape index (κ2) is 7.43. The summed E-state index contributed by atoms with van der Waals surface area (Å²) in [5.74, 6) is -1.11. The van der Waals surface area contributed by atoms with Gasteiger partial charge in [-0.25, -0.2) is 4.79 Å². The normalized spacial score (nSPS) is 16.3. The van der Waals surface area contributed by atoms with Crippen molar-refractivity contribution in [2.24, 2.45) is 11.3 Å². The number of carboxylic acid groups (broad SMARTS) is 1. The number of carbonyl (C=O) groups excluding carboxylic acids is 2. The molecule has 0 spiro atoms. The van der Waals surface area contributed by atoms with Crippen LogP contribution in [0.1, 0.15) is 52.4 Å². The number of aliphatic carboxylic acids is 1. The second-order valence-electron chi connectivity index (χ2n) is 6.60. The maximum Gasteiger partial charge on any atom is 0.323 e. The summed E-state index contributed by atoms with van der Waals surface area (Å²) in [5, 5.41) is 11.2. The Morgan fingerprint density at radius 2 is 1.76 bits per heavy atom. The minimum absolute atomic E-state index is 0.217. The molecule has 1 aliphatic rings. The lowest BCUT2D eigenvalue weighted by atomic mass is 9.89. The van der Waals surface area contributed by atoms with Gasteiger partial charge in [-0.1, -0.05) is 19.3 Å². The fourth-order valence-corrected chi connectivity index (χ4v) is 2.58. The Kier molecular flexibility index (Phi) is 6.18. The van der Waals surface area contributed by atoms with Gasteiger partial charge in [0.2, 0.25) is 5.91 Å². The number of hydrogen-bond donors (Lipinski definition) is 2. The molecule has 0 atom stereocenters. The Balaban J connectivity index is 2.40. The van der Waals surface area contributed by atoms with Crippen LogP contribution in [0, 0.1) is 11.3 Å². The first-order valence-electron chi connectivity index (χ1n) is 7.50. The lowest BCUT2D eigenvalue weighted by molar-refractivity contribution is -0.149. The lowest BCUT2D eigenvalue weighted by Crippen LogP contribution is -2.44. The Morgan fingerprint density at radius 1 is 1.19 bits per heavy atom. The van der Waals surface area contributed by atoms with Gasteiger partial charge in [-0.05, 0) is 32.6 Å². The molecule has 0 bridgehead atoms. The maximum absolute atomic E-state index is 11.9. The van der Waals surface area contributed by atoms with Crippen molar-refractivity contribution in [3.8, 4) is 0 Å². The number of hydrogen-bond acceptors (Lipinski definition) is 3. The monoisotopic (exact) mass is 298 g/mol. The third-order valence-electron chi connectivity index (χ3n) is 4.03. The molecule has 3 amide bonds. The van der Waals surface area contributed by atoms with Gasteiger partial charge in [-0.3, -0.25) is 14.9 Å². The van der Waals surface area contributed by atoms with E-state index in [-0.39, 0.29) is 6.42 Å². The summed E-state index contributed by atoms with van der Waals surface area (Å²) in [5.41, 5.74) is -1.17. The molecule has 0 aliphatic heterocycles. The van der Waals surface area contributed by atoms with E-state index in [1.807, 2.05) is 0 Å². The van der Waals surface area contributed by atoms with E-state index in [9.17, 15) is 14.4 Å². The first kappa shape index (κ1) is 17.5. The molecule has 21 heavy (non-hydrogen) atoms. The molecular formula is C15H26N2O4. The van der Waals surface area contributed by atoms with E-state index in [2.05, 4.69) is 5.32 Å². The number of carboxylic acids is 1. The van der Waals surface area contributed by atoms with Crippen LogP contribution in [0.25, 0.3) is 0 Å². The highest BCUT2D eigenvalue weighted by Crippen LogP contribution is 2.24. The van der Waals surface area contributed by atoms with Crippen LogP contribution in [0.3, 0.4) is 0 Å². The second-order valence-corrected chi connectivity index (χ2v) is 6.60. The van der Waals surface area contributed by atoms with E-state index < -0.39 is 23.3 Å². The molecule has 0 unspecified atom stereocenters. The minimum atomic E-state index is -1.17. The molecule has 0 aromatic carbocycles. The summed E-state index contributed by atoms with van der Waals surface area (Å²) in [6, 6.07) is -0.452. The van der Waals surface area contributed by atoms with E-state index in [1.54, 1.807) is 7.05 Å². The van der Waals surface area contributed by atoms with Crippen molar-refractivity contribution < 1.29 is 19.5 Å². The number of amides is 3. The zero-order valence-corrected chi connectivity index (χ0v) is 13.1. The van der Waals surface area contributed by atoms with E-state index >= 15 is 0 Å². The highest BCUT2D eigenvalue weighted by atomic mass is 16.4. The molecule has 6 heteroatoms. The van der Waals surface area contributed by atoms with Crippen LogP contribution < -0.4 is 5.32 Å². The van der Waals surface area contributed by atoms with E-state index in [1.165, 1.54) is 38.0 Å². The fraction of sp³-hybridized carbons (Fsp3) is 0.800. The first-order valence-corrected chi connectivity index (χ1v) is 7.50. The standard InChI is InChI=1S/C15H26N2O4/c1-15(2,13(19)20)9-12(18)16-14(21)17(3)10-11-7-5-4-6-8-11/h11H,4-10H2,1-3H3,(H,19,20)(H,16,18,21). The molecular weight excluding hydrogens is 272 g/mol. The van der Waals surface area contributed by atoms with Gasteiger partial charge < -0.3 is 10.0 Å². The number of imide groups is 1. The molecule has 0 aromatic heterocycles. The van der Waals surface area contributed by atoms with Crippen LogP contribution in [-0.2, 0) is 9.59 Å². The fourth-order valence-electron chi connectivity index (χ4n) is 2.58. The number of urea groups is 1. The summed E-state index contributed by atoms with van der Waals surface area (Å²) in [6.07, 6.45) is 5.69. The summed E-state index contributed by atoms with van der Waals surface area (Å²) in [4.78, 5) is 36.2. The van der Waals surface area contributed by atoms with Gasteiger partial charge in [0, 0.05) is 20.0 Å².